The first-order chi connectivity index (χ1) is 9.17. The van der Waals surface area contributed by atoms with Crippen LogP contribution in [0.5, 0.6) is 5.75 Å². The van der Waals surface area contributed by atoms with Gasteiger partial charge in [0, 0.05) is 19.4 Å². The van der Waals surface area contributed by atoms with Gasteiger partial charge in [0.05, 0.1) is 28.8 Å². The van der Waals surface area contributed by atoms with Crippen LogP contribution in [-0.2, 0) is 4.74 Å². The van der Waals surface area contributed by atoms with E-state index in [-0.39, 0.29) is 0 Å². The third kappa shape index (κ3) is 6.13. The molecule has 1 aromatic heterocycles. The van der Waals surface area contributed by atoms with E-state index in [4.69, 9.17) is 21.7 Å². The Morgan fingerprint density at radius 3 is 2.95 bits per heavy atom. The number of hydrogen-bond donors (Lipinski definition) is 0. The lowest BCUT2D eigenvalue weighted by Crippen LogP contribution is -2.06. The number of thioether (sulfide) groups is 1. The largest absolute Gasteiger partial charge is 0.491 e. The minimum atomic E-state index is 0.521. The SMILES string of the molecule is COCCOc1ccnc(C(C)=NCC(=S)SC)c1. The summed E-state index contributed by atoms with van der Waals surface area (Å²) in [5.74, 6) is 0.768. The summed E-state index contributed by atoms with van der Waals surface area (Å²) < 4.78 is 11.3. The molecule has 1 rings (SSSR count). The van der Waals surface area contributed by atoms with E-state index in [0.717, 1.165) is 21.4 Å². The van der Waals surface area contributed by atoms with E-state index in [1.165, 1.54) is 0 Å². The van der Waals surface area contributed by atoms with Gasteiger partial charge in [0.15, 0.2) is 0 Å². The van der Waals surface area contributed by atoms with Crippen molar-refractivity contribution in [2.24, 2.45) is 4.99 Å². The standard InChI is InChI=1S/C13H18N2O2S2/c1-10(15-9-13(18)19-3)12-8-11(4-5-14-12)17-7-6-16-2/h4-5,8H,6-7,9H2,1-3H3. The zero-order valence-electron chi connectivity index (χ0n) is 11.4. The minimum absolute atomic E-state index is 0.521. The summed E-state index contributed by atoms with van der Waals surface area (Å²) in [5.41, 5.74) is 1.66. The average Bonchev–Trinajstić information content (AvgIpc) is 2.45. The second-order valence-corrected chi connectivity index (χ2v) is 5.35. The van der Waals surface area contributed by atoms with Crippen LogP contribution < -0.4 is 4.74 Å². The molecule has 6 heteroatoms. The summed E-state index contributed by atoms with van der Waals surface area (Å²) in [6, 6.07) is 3.69. The summed E-state index contributed by atoms with van der Waals surface area (Å²) in [5, 5.41) is 0. The number of thiocarbonyl (C=S) groups is 1. The molecule has 0 spiro atoms. The number of aliphatic imine (C=N–C) groups is 1. The van der Waals surface area contributed by atoms with Gasteiger partial charge in [-0.25, -0.2) is 0 Å². The van der Waals surface area contributed by atoms with Crippen molar-refractivity contribution in [1.82, 2.24) is 4.98 Å². The Labute approximate surface area is 123 Å². The highest BCUT2D eigenvalue weighted by Crippen LogP contribution is 2.12. The van der Waals surface area contributed by atoms with Gasteiger partial charge in [-0.15, -0.1) is 11.8 Å². The molecule has 1 heterocycles. The molecule has 0 radical (unpaired) electrons. The van der Waals surface area contributed by atoms with Gasteiger partial charge in [-0.2, -0.15) is 0 Å². The molecule has 0 aliphatic rings. The molecule has 0 aliphatic heterocycles. The first kappa shape index (κ1) is 16.1. The molecule has 0 saturated heterocycles. The number of methoxy groups -OCH3 is 1. The van der Waals surface area contributed by atoms with Gasteiger partial charge in [0.25, 0.3) is 0 Å². The fraction of sp³-hybridized carbons (Fsp3) is 0.462. The van der Waals surface area contributed by atoms with E-state index >= 15 is 0 Å². The molecule has 0 unspecified atom stereocenters. The van der Waals surface area contributed by atoms with Crippen LogP contribution in [0.4, 0.5) is 0 Å². The molecular formula is C13H18N2O2S2. The van der Waals surface area contributed by atoms with Gasteiger partial charge in [0.1, 0.15) is 12.4 Å². The van der Waals surface area contributed by atoms with Crippen LogP contribution in [0.1, 0.15) is 12.6 Å². The maximum atomic E-state index is 5.53. The predicted molar refractivity (Wildman–Crippen MR) is 84.8 cm³/mol. The van der Waals surface area contributed by atoms with E-state index in [0.29, 0.717) is 19.8 Å². The van der Waals surface area contributed by atoms with Gasteiger partial charge in [-0.1, -0.05) is 12.2 Å². The molecule has 0 aromatic carbocycles. The zero-order valence-corrected chi connectivity index (χ0v) is 13.0. The molecule has 104 valence electrons. The first-order valence-corrected chi connectivity index (χ1v) is 7.46. The summed E-state index contributed by atoms with van der Waals surface area (Å²) in [6.45, 7) is 3.54. The molecule has 19 heavy (non-hydrogen) atoms. The maximum Gasteiger partial charge on any atom is 0.123 e. The highest BCUT2D eigenvalue weighted by Gasteiger charge is 2.02. The molecule has 0 amide bonds. The predicted octanol–water partition coefficient (Wildman–Crippen LogP) is 2.61. The van der Waals surface area contributed by atoms with Crippen LogP contribution in [0.25, 0.3) is 0 Å². The van der Waals surface area contributed by atoms with Crippen LogP contribution in [0.2, 0.25) is 0 Å². The van der Waals surface area contributed by atoms with Gasteiger partial charge < -0.3 is 9.47 Å². The topological polar surface area (TPSA) is 43.7 Å². The maximum absolute atomic E-state index is 5.53. The Balaban J connectivity index is 2.66. The number of hydrogen-bond acceptors (Lipinski definition) is 6. The van der Waals surface area contributed by atoms with Crippen LogP contribution in [0.15, 0.2) is 23.3 Å². The normalized spacial score (nSPS) is 11.4. The second-order valence-electron chi connectivity index (χ2n) is 3.70. The van der Waals surface area contributed by atoms with Gasteiger partial charge in [0.2, 0.25) is 0 Å². The van der Waals surface area contributed by atoms with Crippen LogP contribution >= 0.6 is 24.0 Å². The van der Waals surface area contributed by atoms with E-state index in [1.807, 2.05) is 25.3 Å². The van der Waals surface area contributed by atoms with Gasteiger partial charge in [-0.3, -0.25) is 9.98 Å². The van der Waals surface area contributed by atoms with Crippen LogP contribution in [0, 0.1) is 0 Å². The Bertz CT molecular complexity index is 450. The molecule has 0 fully saturated rings. The number of aromatic nitrogens is 1. The Morgan fingerprint density at radius 2 is 2.26 bits per heavy atom. The van der Waals surface area contributed by atoms with E-state index in [2.05, 4.69) is 9.98 Å². The van der Waals surface area contributed by atoms with E-state index in [9.17, 15) is 0 Å². The van der Waals surface area contributed by atoms with Gasteiger partial charge >= 0.3 is 0 Å². The van der Waals surface area contributed by atoms with Crippen molar-refractivity contribution in [3.63, 3.8) is 0 Å². The lowest BCUT2D eigenvalue weighted by atomic mass is 10.2. The highest BCUT2D eigenvalue weighted by atomic mass is 32.2. The Morgan fingerprint density at radius 1 is 1.47 bits per heavy atom. The molecular weight excluding hydrogens is 280 g/mol. The quantitative estimate of drug-likeness (QED) is 0.440. The van der Waals surface area contributed by atoms with Crippen molar-refractivity contribution < 1.29 is 9.47 Å². The number of nitrogens with zero attached hydrogens (tertiary/aromatic N) is 2. The summed E-state index contributed by atoms with van der Waals surface area (Å²) in [6.07, 6.45) is 3.67. The number of rotatable bonds is 7. The second kappa shape index (κ2) is 9.01. The molecule has 0 atom stereocenters. The van der Waals surface area contributed by atoms with Gasteiger partial charge in [-0.05, 0) is 19.2 Å². The number of ether oxygens (including phenoxy) is 2. The molecule has 0 bridgehead atoms. The fourth-order valence-corrected chi connectivity index (χ4v) is 1.53. The van der Waals surface area contributed by atoms with E-state index < -0.39 is 0 Å². The van der Waals surface area contributed by atoms with Crippen molar-refractivity contribution in [3.8, 4) is 5.75 Å². The lowest BCUT2D eigenvalue weighted by Gasteiger charge is -2.07. The lowest BCUT2D eigenvalue weighted by molar-refractivity contribution is 0.146. The van der Waals surface area contributed by atoms with E-state index in [1.54, 1.807) is 25.1 Å². The zero-order chi connectivity index (χ0) is 14.1. The minimum Gasteiger partial charge on any atom is -0.491 e. The molecule has 0 N–H and O–H groups in total. The van der Waals surface area contributed by atoms with Crippen molar-refractivity contribution in [1.29, 1.82) is 0 Å². The smallest absolute Gasteiger partial charge is 0.123 e. The molecule has 4 nitrogen and oxygen atoms in total. The third-order valence-corrected chi connectivity index (χ3v) is 3.54. The number of pyridine rings is 1. The summed E-state index contributed by atoms with van der Waals surface area (Å²) in [4.78, 5) is 8.69. The summed E-state index contributed by atoms with van der Waals surface area (Å²) >= 11 is 6.66. The molecule has 0 saturated carbocycles. The molecule has 1 aromatic rings. The average molecular weight is 298 g/mol. The Hall–Kier alpha value is -0.980. The van der Waals surface area contributed by atoms with Crippen molar-refractivity contribution in [3.05, 3.63) is 24.0 Å². The van der Waals surface area contributed by atoms with Crippen LogP contribution in [-0.4, -0.2) is 48.0 Å². The fourth-order valence-electron chi connectivity index (χ4n) is 1.27. The summed E-state index contributed by atoms with van der Waals surface area (Å²) in [7, 11) is 1.65. The first-order valence-electron chi connectivity index (χ1n) is 5.83. The van der Waals surface area contributed by atoms with Crippen molar-refractivity contribution >= 4 is 33.9 Å². The van der Waals surface area contributed by atoms with Crippen molar-refractivity contribution in [2.45, 2.75) is 6.92 Å². The monoisotopic (exact) mass is 298 g/mol. The molecule has 0 aliphatic carbocycles. The van der Waals surface area contributed by atoms with Crippen LogP contribution in [0.3, 0.4) is 0 Å². The third-order valence-electron chi connectivity index (χ3n) is 2.33. The highest BCUT2D eigenvalue weighted by molar-refractivity contribution is 8.22. The Kier molecular flexibility index (Phi) is 7.62. The van der Waals surface area contributed by atoms with Crippen molar-refractivity contribution in [2.75, 3.05) is 33.1 Å².